The van der Waals surface area contributed by atoms with Crippen molar-refractivity contribution in [2.75, 3.05) is 6.54 Å². The van der Waals surface area contributed by atoms with Gasteiger partial charge in [0.1, 0.15) is 5.84 Å². The molecule has 0 fully saturated rings. The van der Waals surface area contributed by atoms with E-state index in [9.17, 15) is 0 Å². The molecule has 0 radical (unpaired) electrons. The van der Waals surface area contributed by atoms with E-state index >= 15 is 0 Å². The topological polar surface area (TPSA) is 38.4 Å². The van der Waals surface area contributed by atoms with Gasteiger partial charge >= 0.3 is 0 Å². The molecule has 1 rings (SSSR count). The fraction of sp³-hybridized carbons (Fsp3) is 0.500. The number of nitrogens with two attached hydrogens (primary N) is 1. The molecule has 0 aromatic heterocycles. The number of rotatable bonds is 0. The van der Waals surface area contributed by atoms with Gasteiger partial charge in [0.05, 0.1) is 0 Å². The summed E-state index contributed by atoms with van der Waals surface area (Å²) in [6.45, 7) is 2.97. The summed E-state index contributed by atoms with van der Waals surface area (Å²) in [4.78, 5) is 4.02. The van der Waals surface area contributed by atoms with Crippen LogP contribution in [0.1, 0.15) is 6.92 Å². The van der Waals surface area contributed by atoms with E-state index in [0.717, 1.165) is 6.54 Å². The lowest BCUT2D eigenvalue weighted by molar-refractivity contribution is 0.733. The van der Waals surface area contributed by atoms with Gasteiger partial charge in [-0.25, -0.2) is 0 Å². The molecule has 0 saturated heterocycles. The molecule has 44 valence electrons. The summed E-state index contributed by atoms with van der Waals surface area (Å²) in [5, 5.41) is 0. The van der Waals surface area contributed by atoms with Crippen LogP contribution in [0.5, 0.6) is 0 Å². The average Bonchev–Trinajstić information content (AvgIpc) is 1.77. The molecule has 0 aromatic carbocycles. The first-order valence-electron chi connectivity index (χ1n) is 2.77. The summed E-state index contributed by atoms with van der Waals surface area (Å²) >= 11 is 0. The lowest BCUT2D eigenvalue weighted by Gasteiger charge is -2.06. The Kier molecular flexibility index (Phi) is 1.33. The molecule has 0 saturated carbocycles. The van der Waals surface area contributed by atoms with Crippen molar-refractivity contribution in [2.45, 2.75) is 6.92 Å². The fourth-order valence-corrected chi connectivity index (χ4v) is 0.626. The molecule has 0 unspecified atom stereocenters. The summed E-state index contributed by atoms with van der Waals surface area (Å²) in [5.74, 6) is 1.23. The van der Waals surface area contributed by atoms with Crippen LogP contribution in [-0.2, 0) is 0 Å². The van der Waals surface area contributed by atoms with E-state index in [0.29, 0.717) is 11.8 Å². The summed E-state index contributed by atoms with van der Waals surface area (Å²) in [7, 11) is 0. The number of aliphatic imine (C=N–C) groups is 1. The Hall–Kier alpha value is -0.790. The highest BCUT2D eigenvalue weighted by atomic mass is 14.8. The van der Waals surface area contributed by atoms with E-state index in [1.54, 1.807) is 0 Å². The molecule has 8 heavy (non-hydrogen) atoms. The van der Waals surface area contributed by atoms with Crippen LogP contribution in [-0.4, -0.2) is 12.4 Å². The molecule has 0 amide bonds. The van der Waals surface area contributed by atoms with Crippen LogP contribution in [0.25, 0.3) is 0 Å². The molecular weight excluding hydrogens is 100 g/mol. The lowest BCUT2D eigenvalue weighted by atomic mass is 10.1. The van der Waals surface area contributed by atoms with Gasteiger partial charge < -0.3 is 5.73 Å². The monoisotopic (exact) mass is 110 g/mol. The van der Waals surface area contributed by atoms with Crippen molar-refractivity contribution in [3.63, 3.8) is 0 Å². The van der Waals surface area contributed by atoms with E-state index < -0.39 is 0 Å². The van der Waals surface area contributed by atoms with Crippen LogP contribution in [0.3, 0.4) is 0 Å². The SMILES string of the molecule is C[C@H]1C=CC(N)=NC1. The highest BCUT2D eigenvalue weighted by Crippen LogP contribution is 2.01. The first-order valence-corrected chi connectivity index (χ1v) is 2.77. The van der Waals surface area contributed by atoms with E-state index in [-0.39, 0.29) is 0 Å². The lowest BCUT2D eigenvalue weighted by Crippen LogP contribution is -2.14. The fourth-order valence-electron chi connectivity index (χ4n) is 0.626. The minimum atomic E-state index is 0.572. The van der Waals surface area contributed by atoms with Crippen molar-refractivity contribution in [3.05, 3.63) is 12.2 Å². The molecule has 1 aliphatic heterocycles. The Morgan fingerprint density at radius 2 is 2.62 bits per heavy atom. The van der Waals surface area contributed by atoms with Gasteiger partial charge in [-0.1, -0.05) is 13.0 Å². The molecule has 0 spiro atoms. The van der Waals surface area contributed by atoms with Gasteiger partial charge in [0.2, 0.25) is 0 Å². The van der Waals surface area contributed by atoms with Crippen molar-refractivity contribution < 1.29 is 0 Å². The summed E-state index contributed by atoms with van der Waals surface area (Å²) in [6, 6.07) is 0. The van der Waals surface area contributed by atoms with Crippen molar-refractivity contribution in [2.24, 2.45) is 16.6 Å². The smallest absolute Gasteiger partial charge is 0.117 e. The average molecular weight is 110 g/mol. The number of hydrogen-bond donors (Lipinski definition) is 1. The number of dihydropyridines is 1. The second-order valence-electron chi connectivity index (χ2n) is 2.10. The van der Waals surface area contributed by atoms with Crippen LogP contribution in [0, 0.1) is 5.92 Å². The van der Waals surface area contributed by atoms with Crippen molar-refractivity contribution >= 4 is 5.84 Å². The molecule has 1 aliphatic rings. The quantitative estimate of drug-likeness (QED) is 0.486. The van der Waals surface area contributed by atoms with Crippen LogP contribution in [0.4, 0.5) is 0 Å². The van der Waals surface area contributed by atoms with Crippen LogP contribution < -0.4 is 5.73 Å². The van der Waals surface area contributed by atoms with E-state index in [2.05, 4.69) is 18.0 Å². The molecule has 2 N–H and O–H groups in total. The normalized spacial score (nSPS) is 27.6. The maximum atomic E-state index is 5.36. The Morgan fingerprint density at radius 3 is 3.00 bits per heavy atom. The predicted octanol–water partition coefficient (Wildman–Crippen LogP) is 0.550. The van der Waals surface area contributed by atoms with Crippen molar-refractivity contribution in [1.82, 2.24) is 0 Å². The molecule has 1 atom stereocenters. The molecule has 2 nitrogen and oxygen atoms in total. The zero-order valence-corrected chi connectivity index (χ0v) is 4.96. The van der Waals surface area contributed by atoms with Gasteiger partial charge in [-0.15, -0.1) is 0 Å². The zero-order chi connectivity index (χ0) is 5.98. The predicted molar refractivity (Wildman–Crippen MR) is 34.8 cm³/mol. The van der Waals surface area contributed by atoms with Crippen LogP contribution in [0.15, 0.2) is 17.1 Å². The van der Waals surface area contributed by atoms with Gasteiger partial charge in [-0.05, 0) is 12.0 Å². The van der Waals surface area contributed by atoms with Gasteiger partial charge in [-0.2, -0.15) is 0 Å². The second-order valence-corrected chi connectivity index (χ2v) is 2.10. The molecule has 0 bridgehead atoms. The highest BCUT2D eigenvalue weighted by Gasteiger charge is 1.99. The van der Waals surface area contributed by atoms with Gasteiger partial charge in [0.25, 0.3) is 0 Å². The minimum absolute atomic E-state index is 0.572. The summed E-state index contributed by atoms with van der Waals surface area (Å²) in [6.07, 6.45) is 3.93. The Bertz CT molecular complexity index is 135. The third-order valence-electron chi connectivity index (χ3n) is 1.16. The van der Waals surface area contributed by atoms with Gasteiger partial charge in [-0.3, -0.25) is 4.99 Å². The van der Waals surface area contributed by atoms with E-state index in [4.69, 9.17) is 5.73 Å². The molecular formula is C6H10N2. The highest BCUT2D eigenvalue weighted by molar-refractivity contribution is 5.91. The third-order valence-corrected chi connectivity index (χ3v) is 1.16. The van der Waals surface area contributed by atoms with Crippen molar-refractivity contribution in [3.8, 4) is 0 Å². The third kappa shape index (κ3) is 1.09. The largest absolute Gasteiger partial charge is 0.384 e. The number of amidine groups is 1. The number of hydrogen-bond acceptors (Lipinski definition) is 2. The summed E-state index contributed by atoms with van der Waals surface area (Å²) < 4.78 is 0. The number of nitrogens with zero attached hydrogens (tertiary/aromatic N) is 1. The van der Waals surface area contributed by atoms with E-state index in [1.807, 2.05) is 6.08 Å². The first-order chi connectivity index (χ1) is 3.79. The standard InChI is InChI=1S/C6H10N2/c1-5-2-3-6(7)8-4-5/h2-3,5H,4H2,1H3,(H2,7,8)/t5-/m0/s1. The van der Waals surface area contributed by atoms with Crippen LogP contribution >= 0.6 is 0 Å². The first kappa shape index (κ1) is 5.35. The summed E-state index contributed by atoms with van der Waals surface area (Å²) in [5.41, 5.74) is 5.36. The molecule has 1 heterocycles. The Morgan fingerprint density at radius 1 is 1.88 bits per heavy atom. The van der Waals surface area contributed by atoms with E-state index in [1.165, 1.54) is 0 Å². The Labute approximate surface area is 49.1 Å². The zero-order valence-electron chi connectivity index (χ0n) is 4.96. The molecule has 2 heteroatoms. The Balaban J connectivity index is 2.58. The maximum Gasteiger partial charge on any atom is 0.117 e. The van der Waals surface area contributed by atoms with Crippen molar-refractivity contribution in [1.29, 1.82) is 0 Å². The van der Waals surface area contributed by atoms with Crippen LogP contribution in [0.2, 0.25) is 0 Å². The molecule has 0 aliphatic carbocycles. The van der Waals surface area contributed by atoms with Gasteiger partial charge in [0.15, 0.2) is 0 Å². The molecule has 0 aromatic rings. The second kappa shape index (κ2) is 1.99. The maximum absolute atomic E-state index is 5.36. The minimum Gasteiger partial charge on any atom is -0.384 e. The van der Waals surface area contributed by atoms with Gasteiger partial charge in [0, 0.05) is 6.54 Å².